The van der Waals surface area contributed by atoms with Crippen LogP contribution in [-0.2, 0) is 10.2 Å². The SMILES string of the molecule is OCC(CO)(CCCC1CCCO1)c1cccc(Br)c1. The van der Waals surface area contributed by atoms with Crippen LogP contribution >= 0.6 is 15.9 Å². The van der Waals surface area contributed by atoms with Gasteiger partial charge in [-0.05, 0) is 49.8 Å². The van der Waals surface area contributed by atoms with Gasteiger partial charge >= 0.3 is 0 Å². The summed E-state index contributed by atoms with van der Waals surface area (Å²) < 4.78 is 6.60. The summed E-state index contributed by atoms with van der Waals surface area (Å²) in [7, 11) is 0. The molecule has 0 spiro atoms. The van der Waals surface area contributed by atoms with Crippen molar-refractivity contribution in [2.75, 3.05) is 19.8 Å². The van der Waals surface area contributed by atoms with E-state index in [0.29, 0.717) is 6.10 Å². The first kappa shape index (κ1) is 16.0. The monoisotopic (exact) mass is 342 g/mol. The lowest BCUT2D eigenvalue weighted by Gasteiger charge is -2.31. The zero-order valence-corrected chi connectivity index (χ0v) is 13.3. The van der Waals surface area contributed by atoms with Gasteiger partial charge in [-0.25, -0.2) is 0 Å². The predicted molar refractivity (Wildman–Crippen MR) is 82.8 cm³/mol. The van der Waals surface area contributed by atoms with E-state index in [1.165, 1.54) is 0 Å². The topological polar surface area (TPSA) is 49.7 Å². The first-order chi connectivity index (χ1) is 9.70. The predicted octanol–water partition coefficient (Wildman–Crippen LogP) is 3.02. The summed E-state index contributed by atoms with van der Waals surface area (Å²) in [6, 6.07) is 7.86. The highest BCUT2D eigenvalue weighted by Crippen LogP contribution is 2.32. The number of aliphatic hydroxyl groups is 2. The molecular weight excluding hydrogens is 320 g/mol. The molecule has 0 amide bonds. The molecule has 1 aromatic carbocycles. The quantitative estimate of drug-likeness (QED) is 0.800. The first-order valence-corrected chi connectivity index (χ1v) is 8.09. The molecule has 3 nitrogen and oxygen atoms in total. The third-order valence-electron chi connectivity index (χ3n) is 4.25. The van der Waals surface area contributed by atoms with E-state index in [9.17, 15) is 10.2 Å². The molecule has 1 saturated heterocycles. The fourth-order valence-electron chi connectivity index (χ4n) is 2.89. The van der Waals surface area contributed by atoms with Crippen molar-refractivity contribution in [1.29, 1.82) is 0 Å². The second kappa shape index (κ2) is 7.55. The molecule has 1 heterocycles. The van der Waals surface area contributed by atoms with Gasteiger partial charge in [-0.15, -0.1) is 0 Å². The molecule has 1 aliphatic heterocycles. The van der Waals surface area contributed by atoms with Crippen LogP contribution in [0.15, 0.2) is 28.7 Å². The van der Waals surface area contributed by atoms with Crippen LogP contribution < -0.4 is 0 Å². The van der Waals surface area contributed by atoms with Gasteiger partial charge in [0, 0.05) is 16.5 Å². The van der Waals surface area contributed by atoms with Crippen LogP contribution in [0.25, 0.3) is 0 Å². The van der Waals surface area contributed by atoms with Crippen molar-refractivity contribution in [1.82, 2.24) is 0 Å². The first-order valence-electron chi connectivity index (χ1n) is 7.29. The lowest BCUT2D eigenvalue weighted by molar-refractivity contribution is 0.0841. The Morgan fingerprint density at radius 1 is 1.30 bits per heavy atom. The van der Waals surface area contributed by atoms with E-state index in [1.54, 1.807) is 0 Å². The Balaban J connectivity index is 2.00. The maximum atomic E-state index is 9.81. The summed E-state index contributed by atoms with van der Waals surface area (Å²) in [4.78, 5) is 0. The maximum absolute atomic E-state index is 9.81. The molecule has 0 aliphatic carbocycles. The number of ether oxygens (including phenoxy) is 1. The average molecular weight is 343 g/mol. The van der Waals surface area contributed by atoms with Crippen LogP contribution in [0.2, 0.25) is 0 Å². The van der Waals surface area contributed by atoms with E-state index in [1.807, 2.05) is 24.3 Å². The Kier molecular flexibility index (Phi) is 6.02. The van der Waals surface area contributed by atoms with Crippen LogP contribution in [0, 0.1) is 0 Å². The normalized spacial score (nSPS) is 19.4. The molecule has 0 aromatic heterocycles. The van der Waals surface area contributed by atoms with Gasteiger partial charge in [0.2, 0.25) is 0 Å². The Bertz CT molecular complexity index is 412. The van der Waals surface area contributed by atoms with E-state index in [-0.39, 0.29) is 13.2 Å². The molecule has 1 aromatic rings. The van der Waals surface area contributed by atoms with E-state index >= 15 is 0 Å². The van der Waals surface area contributed by atoms with E-state index in [2.05, 4.69) is 15.9 Å². The number of rotatable bonds is 7. The zero-order chi connectivity index (χ0) is 14.4. The van der Waals surface area contributed by atoms with Crippen molar-refractivity contribution >= 4 is 15.9 Å². The van der Waals surface area contributed by atoms with Crippen LogP contribution in [-0.4, -0.2) is 36.1 Å². The number of benzene rings is 1. The van der Waals surface area contributed by atoms with Crippen molar-refractivity contribution in [2.45, 2.75) is 43.6 Å². The number of halogens is 1. The fraction of sp³-hybridized carbons (Fsp3) is 0.625. The molecule has 0 radical (unpaired) electrons. The summed E-state index contributed by atoms with van der Waals surface area (Å²) in [6.07, 6.45) is 5.40. The van der Waals surface area contributed by atoms with Gasteiger partial charge in [-0.1, -0.05) is 28.1 Å². The minimum absolute atomic E-state index is 0.0362. The summed E-state index contributed by atoms with van der Waals surface area (Å²) >= 11 is 3.45. The second-order valence-electron chi connectivity index (χ2n) is 5.63. The Morgan fingerprint density at radius 3 is 2.70 bits per heavy atom. The summed E-state index contributed by atoms with van der Waals surface area (Å²) in [6.45, 7) is 0.804. The third kappa shape index (κ3) is 3.82. The van der Waals surface area contributed by atoms with E-state index in [4.69, 9.17) is 4.74 Å². The lowest BCUT2D eigenvalue weighted by Crippen LogP contribution is -2.35. The zero-order valence-electron chi connectivity index (χ0n) is 11.7. The van der Waals surface area contributed by atoms with Crippen molar-refractivity contribution in [2.24, 2.45) is 0 Å². The molecule has 2 rings (SSSR count). The molecule has 20 heavy (non-hydrogen) atoms. The van der Waals surface area contributed by atoms with Crippen LogP contribution in [0.5, 0.6) is 0 Å². The number of hydrogen-bond donors (Lipinski definition) is 2. The maximum Gasteiger partial charge on any atom is 0.0576 e. The van der Waals surface area contributed by atoms with Gasteiger partial charge in [0.1, 0.15) is 0 Å². The van der Waals surface area contributed by atoms with Gasteiger partial charge in [0.25, 0.3) is 0 Å². The van der Waals surface area contributed by atoms with Gasteiger partial charge in [-0.3, -0.25) is 0 Å². The van der Waals surface area contributed by atoms with E-state index < -0.39 is 5.41 Å². The highest BCUT2D eigenvalue weighted by atomic mass is 79.9. The van der Waals surface area contributed by atoms with Gasteiger partial charge < -0.3 is 14.9 Å². The molecule has 1 aliphatic rings. The standard InChI is InChI=1S/C16H23BrO3/c17-14-5-1-4-13(10-14)16(11-18,12-19)8-2-6-15-7-3-9-20-15/h1,4-5,10,15,18-19H,2-3,6-9,11-12H2. The molecule has 112 valence electrons. The Labute approximate surface area is 129 Å². The number of hydrogen-bond acceptors (Lipinski definition) is 3. The molecule has 2 N–H and O–H groups in total. The van der Waals surface area contributed by atoms with Crippen LogP contribution in [0.3, 0.4) is 0 Å². The van der Waals surface area contributed by atoms with Gasteiger partial charge in [-0.2, -0.15) is 0 Å². The Hall–Kier alpha value is -0.420. The summed E-state index contributed by atoms with van der Waals surface area (Å²) in [5.74, 6) is 0. The molecule has 1 unspecified atom stereocenters. The third-order valence-corrected chi connectivity index (χ3v) is 4.74. The molecule has 4 heteroatoms. The molecule has 1 fully saturated rings. The van der Waals surface area contributed by atoms with Crippen molar-refractivity contribution in [3.8, 4) is 0 Å². The van der Waals surface area contributed by atoms with Crippen molar-refractivity contribution < 1.29 is 14.9 Å². The smallest absolute Gasteiger partial charge is 0.0576 e. The van der Waals surface area contributed by atoms with Crippen molar-refractivity contribution in [3.05, 3.63) is 34.3 Å². The van der Waals surface area contributed by atoms with E-state index in [0.717, 1.165) is 48.7 Å². The highest BCUT2D eigenvalue weighted by Gasteiger charge is 2.31. The highest BCUT2D eigenvalue weighted by molar-refractivity contribution is 9.10. The summed E-state index contributed by atoms with van der Waals surface area (Å²) in [5, 5.41) is 19.6. The minimum atomic E-state index is -0.553. The second-order valence-corrected chi connectivity index (χ2v) is 6.55. The minimum Gasteiger partial charge on any atom is -0.395 e. The van der Waals surface area contributed by atoms with Crippen LogP contribution in [0.4, 0.5) is 0 Å². The largest absolute Gasteiger partial charge is 0.395 e. The van der Waals surface area contributed by atoms with Gasteiger partial charge in [0.05, 0.1) is 19.3 Å². The lowest BCUT2D eigenvalue weighted by atomic mass is 9.77. The average Bonchev–Trinajstić information content (AvgIpc) is 2.97. The number of aliphatic hydroxyl groups excluding tert-OH is 2. The summed E-state index contributed by atoms with van der Waals surface area (Å²) in [5.41, 5.74) is 0.437. The van der Waals surface area contributed by atoms with Crippen LogP contribution in [0.1, 0.15) is 37.7 Å². The van der Waals surface area contributed by atoms with Crippen molar-refractivity contribution in [3.63, 3.8) is 0 Å². The molecule has 0 bridgehead atoms. The van der Waals surface area contributed by atoms with Gasteiger partial charge in [0.15, 0.2) is 0 Å². The Morgan fingerprint density at radius 2 is 2.10 bits per heavy atom. The molecule has 1 atom stereocenters. The fourth-order valence-corrected chi connectivity index (χ4v) is 3.29. The molecule has 0 saturated carbocycles. The molecular formula is C16H23BrO3.